The zero-order valence-corrected chi connectivity index (χ0v) is 15.2. The minimum absolute atomic E-state index is 0.105. The number of hydrogen-bond donors (Lipinski definition) is 1. The average molecular weight is 419 g/mol. The second-order valence-corrected chi connectivity index (χ2v) is 7.53. The van der Waals surface area contributed by atoms with E-state index in [9.17, 15) is 5.26 Å². The van der Waals surface area contributed by atoms with Crippen molar-refractivity contribution in [2.24, 2.45) is 5.73 Å². The lowest BCUT2D eigenvalue weighted by Crippen LogP contribution is -2.21. The molecule has 0 bridgehead atoms. The van der Waals surface area contributed by atoms with E-state index in [0.29, 0.717) is 21.9 Å². The lowest BCUT2D eigenvalue weighted by molar-refractivity contribution is 0.398. The van der Waals surface area contributed by atoms with Gasteiger partial charge >= 0.3 is 0 Å². The Morgan fingerprint density at radius 3 is 2.96 bits per heavy atom. The van der Waals surface area contributed by atoms with E-state index >= 15 is 0 Å². The second kappa shape index (κ2) is 5.78. The van der Waals surface area contributed by atoms with E-state index in [1.165, 1.54) is 0 Å². The van der Waals surface area contributed by atoms with Gasteiger partial charge in [-0.05, 0) is 40.2 Å². The maximum absolute atomic E-state index is 9.58. The standard InChI is InChI=1S/C17H9BrClN3OS/c18-8-4-13(24-7-8)14-10-5-12(19)9-2-1-3-22-15(9)16(10)23-17(21)11(14)6-20/h1-5,7,14H,21H2. The fraction of sp³-hybridized carbons (Fsp3) is 0.0588. The molecule has 0 fully saturated rings. The van der Waals surface area contributed by atoms with Crippen LogP contribution >= 0.6 is 38.9 Å². The largest absolute Gasteiger partial charge is 0.438 e. The Kier molecular flexibility index (Phi) is 3.72. The van der Waals surface area contributed by atoms with Crippen molar-refractivity contribution in [3.05, 3.63) is 67.2 Å². The van der Waals surface area contributed by atoms with Crippen LogP contribution < -0.4 is 10.5 Å². The molecule has 1 aromatic carbocycles. The molecule has 1 atom stereocenters. The van der Waals surface area contributed by atoms with Gasteiger partial charge in [-0.2, -0.15) is 5.26 Å². The molecule has 1 aliphatic rings. The average Bonchev–Trinajstić information content (AvgIpc) is 3.01. The van der Waals surface area contributed by atoms with Crippen LogP contribution in [0.25, 0.3) is 10.9 Å². The zero-order valence-electron chi connectivity index (χ0n) is 12.1. The number of fused-ring (bicyclic) bond motifs is 3. The number of nitrogens with zero attached hydrogens (tertiary/aromatic N) is 2. The van der Waals surface area contributed by atoms with Crippen molar-refractivity contribution in [2.45, 2.75) is 5.92 Å². The lowest BCUT2D eigenvalue weighted by atomic mass is 9.87. The molecular formula is C17H9BrClN3OS. The number of rotatable bonds is 1. The summed E-state index contributed by atoms with van der Waals surface area (Å²) >= 11 is 11.5. The Balaban J connectivity index is 2.06. The van der Waals surface area contributed by atoms with Gasteiger partial charge < -0.3 is 10.5 Å². The number of thiophene rings is 1. The van der Waals surface area contributed by atoms with Gasteiger partial charge in [0.15, 0.2) is 5.75 Å². The molecule has 4 rings (SSSR count). The lowest BCUT2D eigenvalue weighted by Gasteiger charge is -2.26. The van der Waals surface area contributed by atoms with Gasteiger partial charge in [-0.15, -0.1) is 11.3 Å². The van der Waals surface area contributed by atoms with Gasteiger partial charge in [-0.25, -0.2) is 0 Å². The van der Waals surface area contributed by atoms with Crippen LogP contribution in [-0.4, -0.2) is 4.98 Å². The van der Waals surface area contributed by atoms with Crippen LogP contribution in [0.1, 0.15) is 16.4 Å². The van der Waals surface area contributed by atoms with Crippen molar-refractivity contribution in [3.63, 3.8) is 0 Å². The fourth-order valence-corrected chi connectivity index (χ4v) is 4.72. The summed E-state index contributed by atoms with van der Waals surface area (Å²) in [5.41, 5.74) is 7.85. The van der Waals surface area contributed by atoms with Crippen LogP contribution in [0.15, 0.2) is 51.8 Å². The Labute approximate surface area is 155 Å². The molecule has 0 aliphatic carbocycles. The number of nitriles is 1. The molecule has 0 radical (unpaired) electrons. The third-order valence-electron chi connectivity index (χ3n) is 3.89. The maximum Gasteiger partial charge on any atom is 0.205 e. The predicted octanol–water partition coefficient (Wildman–Crippen LogP) is 4.93. The van der Waals surface area contributed by atoms with Crippen molar-refractivity contribution in [2.75, 3.05) is 0 Å². The third-order valence-corrected chi connectivity index (χ3v) is 5.97. The summed E-state index contributed by atoms with van der Waals surface area (Å²) in [7, 11) is 0. The summed E-state index contributed by atoms with van der Waals surface area (Å²) in [5, 5.41) is 12.9. The number of benzene rings is 1. The van der Waals surface area contributed by atoms with E-state index in [4.69, 9.17) is 22.1 Å². The van der Waals surface area contributed by atoms with Gasteiger partial charge in [0.05, 0.1) is 10.9 Å². The highest BCUT2D eigenvalue weighted by molar-refractivity contribution is 9.10. The summed E-state index contributed by atoms with van der Waals surface area (Å²) in [5.74, 6) is 0.341. The molecule has 3 heterocycles. The summed E-state index contributed by atoms with van der Waals surface area (Å²) in [4.78, 5) is 5.38. The van der Waals surface area contributed by atoms with Crippen LogP contribution in [-0.2, 0) is 0 Å². The number of ether oxygens (including phenoxy) is 1. The molecule has 4 nitrogen and oxygen atoms in total. The molecule has 1 aliphatic heterocycles. The number of hydrogen-bond acceptors (Lipinski definition) is 5. The van der Waals surface area contributed by atoms with Gasteiger partial charge in [-0.3, -0.25) is 4.98 Å². The van der Waals surface area contributed by atoms with Crippen molar-refractivity contribution in [3.8, 4) is 11.8 Å². The number of allylic oxidation sites excluding steroid dienone is 1. The highest BCUT2D eigenvalue weighted by Gasteiger charge is 2.33. The first kappa shape index (κ1) is 15.5. The van der Waals surface area contributed by atoms with Crippen molar-refractivity contribution >= 4 is 49.8 Å². The number of pyridine rings is 1. The van der Waals surface area contributed by atoms with Crippen LogP contribution in [0.3, 0.4) is 0 Å². The second-order valence-electron chi connectivity index (χ2n) is 5.27. The van der Waals surface area contributed by atoms with E-state index in [0.717, 1.165) is 20.3 Å². The quantitative estimate of drug-likeness (QED) is 0.608. The Bertz CT molecular complexity index is 1050. The summed E-state index contributed by atoms with van der Waals surface area (Å²) in [6.45, 7) is 0. The Hall–Kier alpha value is -2.07. The van der Waals surface area contributed by atoms with E-state index in [2.05, 4.69) is 27.0 Å². The minimum atomic E-state index is -0.320. The summed E-state index contributed by atoms with van der Waals surface area (Å²) in [6.07, 6.45) is 1.68. The normalized spacial score (nSPS) is 16.6. The van der Waals surface area contributed by atoms with Crippen LogP contribution in [0.5, 0.6) is 5.75 Å². The molecule has 0 saturated heterocycles. The monoisotopic (exact) mass is 417 g/mol. The topological polar surface area (TPSA) is 71.9 Å². The molecule has 2 N–H and O–H groups in total. The molecule has 0 saturated carbocycles. The van der Waals surface area contributed by atoms with E-state index < -0.39 is 0 Å². The van der Waals surface area contributed by atoms with Gasteiger partial charge in [0.1, 0.15) is 17.2 Å². The van der Waals surface area contributed by atoms with Gasteiger partial charge in [0.2, 0.25) is 5.88 Å². The molecule has 7 heteroatoms. The summed E-state index contributed by atoms with van der Waals surface area (Å²) in [6, 6.07) is 9.69. The first-order chi connectivity index (χ1) is 11.6. The van der Waals surface area contributed by atoms with Gasteiger partial charge in [0.25, 0.3) is 0 Å². The number of halogens is 2. The molecule has 24 heavy (non-hydrogen) atoms. The van der Waals surface area contributed by atoms with E-state index in [-0.39, 0.29) is 11.8 Å². The van der Waals surface area contributed by atoms with E-state index in [1.807, 2.05) is 29.6 Å². The summed E-state index contributed by atoms with van der Waals surface area (Å²) < 4.78 is 6.72. The number of nitrogens with two attached hydrogens (primary N) is 1. The highest BCUT2D eigenvalue weighted by atomic mass is 79.9. The Morgan fingerprint density at radius 1 is 1.42 bits per heavy atom. The predicted molar refractivity (Wildman–Crippen MR) is 98.1 cm³/mol. The fourth-order valence-electron chi connectivity index (χ4n) is 2.87. The smallest absolute Gasteiger partial charge is 0.205 e. The molecule has 0 spiro atoms. The molecule has 0 amide bonds. The van der Waals surface area contributed by atoms with Crippen LogP contribution in [0.4, 0.5) is 0 Å². The third kappa shape index (κ3) is 2.28. The van der Waals surface area contributed by atoms with E-state index in [1.54, 1.807) is 17.5 Å². The highest BCUT2D eigenvalue weighted by Crippen LogP contribution is 2.48. The first-order valence-electron chi connectivity index (χ1n) is 6.98. The first-order valence-corrected chi connectivity index (χ1v) is 9.04. The molecular weight excluding hydrogens is 410 g/mol. The van der Waals surface area contributed by atoms with Gasteiger partial charge in [-0.1, -0.05) is 11.6 Å². The molecule has 2 aromatic heterocycles. The SMILES string of the molecule is N#CC1=C(N)Oc2c(cc(Cl)c3cccnc23)C1c1cc(Br)cs1. The van der Waals surface area contributed by atoms with Crippen molar-refractivity contribution in [1.82, 2.24) is 4.98 Å². The van der Waals surface area contributed by atoms with Crippen LogP contribution in [0, 0.1) is 11.3 Å². The minimum Gasteiger partial charge on any atom is -0.438 e. The molecule has 3 aromatic rings. The zero-order chi connectivity index (χ0) is 16.8. The Morgan fingerprint density at radius 2 is 2.25 bits per heavy atom. The molecule has 1 unspecified atom stereocenters. The van der Waals surface area contributed by atoms with Crippen molar-refractivity contribution < 1.29 is 4.74 Å². The van der Waals surface area contributed by atoms with Crippen LogP contribution in [0.2, 0.25) is 5.02 Å². The van der Waals surface area contributed by atoms with Crippen molar-refractivity contribution in [1.29, 1.82) is 5.26 Å². The number of aromatic nitrogens is 1. The molecule has 118 valence electrons. The van der Waals surface area contributed by atoms with Gasteiger partial charge in [0, 0.05) is 31.9 Å². The maximum atomic E-state index is 9.58.